The van der Waals surface area contributed by atoms with Crippen molar-refractivity contribution < 1.29 is 14.6 Å². The predicted octanol–water partition coefficient (Wildman–Crippen LogP) is 3.97. The van der Waals surface area contributed by atoms with Crippen molar-refractivity contribution >= 4 is 0 Å². The fraction of sp³-hybridized carbons (Fsp3) is 0.895. The maximum Gasteiger partial charge on any atom is 0.167 e. The van der Waals surface area contributed by atoms with Crippen molar-refractivity contribution in [3.63, 3.8) is 0 Å². The summed E-state index contributed by atoms with van der Waals surface area (Å²) >= 11 is 0. The first-order valence-electron chi connectivity index (χ1n) is 9.07. The zero-order chi connectivity index (χ0) is 15.8. The summed E-state index contributed by atoms with van der Waals surface area (Å²) in [5, 5.41) is 21.9. The van der Waals surface area contributed by atoms with Crippen molar-refractivity contribution in [2.45, 2.75) is 77.2 Å². The molecule has 0 amide bonds. The molecular weight excluding hydrogens is 279 g/mol. The number of allylic oxidation sites excluding steroid dienone is 2. The average Bonchev–Trinajstić information content (AvgIpc) is 2.72. The Labute approximate surface area is 132 Å². The summed E-state index contributed by atoms with van der Waals surface area (Å²) in [5.74, 6) is -1.32. The second kappa shape index (κ2) is 4.57. The Morgan fingerprint density at radius 2 is 1.95 bits per heavy atom. The van der Waals surface area contributed by atoms with Gasteiger partial charge in [0.1, 0.15) is 6.17 Å². The molecule has 0 aliphatic heterocycles. The van der Waals surface area contributed by atoms with Gasteiger partial charge >= 0.3 is 0 Å². The van der Waals surface area contributed by atoms with E-state index in [9.17, 15) is 14.6 Å². The van der Waals surface area contributed by atoms with Crippen LogP contribution in [0.15, 0.2) is 11.6 Å². The van der Waals surface area contributed by atoms with E-state index in [2.05, 4.69) is 13.0 Å². The highest BCUT2D eigenvalue weighted by molar-refractivity contribution is 5.26. The third-order valence-electron chi connectivity index (χ3n) is 7.83. The quantitative estimate of drug-likeness (QED) is 0.525. The summed E-state index contributed by atoms with van der Waals surface area (Å²) in [6.45, 7) is 4.19. The maximum absolute atomic E-state index is 14.5. The molecule has 0 spiro atoms. The van der Waals surface area contributed by atoms with Crippen molar-refractivity contribution in [2.75, 3.05) is 0 Å². The SMILES string of the molecule is C[C@]12CCCCC1=CC[C@@H]1[C@H]2C(O)(O)C[C@]2(C)C(F)CC[C@@H]12. The number of aliphatic hydroxyl groups is 2. The van der Waals surface area contributed by atoms with Crippen LogP contribution in [0.1, 0.15) is 65.2 Å². The number of fused-ring (bicyclic) bond motifs is 5. The van der Waals surface area contributed by atoms with Gasteiger partial charge in [0.2, 0.25) is 0 Å². The van der Waals surface area contributed by atoms with E-state index in [1.807, 2.05) is 6.92 Å². The van der Waals surface area contributed by atoms with Crippen LogP contribution >= 0.6 is 0 Å². The van der Waals surface area contributed by atoms with Crippen molar-refractivity contribution in [1.82, 2.24) is 0 Å². The van der Waals surface area contributed by atoms with Gasteiger partial charge in [0.15, 0.2) is 5.79 Å². The third kappa shape index (κ3) is 1.78. The van der Waals surface area contributed by atoms with Crippen molar-refractivity contribution in [3.8, 4) is 0 Å². The van der Waals surface area contributed by atoms with E-state index in [-0.39, 0.29) is 23.7 Å². The van der Waals surface area contributed by atoms with Crippen LogP contribution in [0.25, 0.3) is 0 Å². The van der Waals surface area contributed by atoms with E-state index in [0.29, 0.717) is 12.3 Å². The van der Waals surface area contributed by atoms with E-state index in [4.69, 9.17) is 0 Å². The second-order valence-electron chi connectivity index (χ2n) is 8.94. The first kappa shape index (κ1) is 15.1. The summed E-state index contributed by atoms with van der Waals surface area (Å²) in [5.41, 5.74) is 0.785. The summed E-state index contributed by atoms with van der Waals surface area (Å²) in [6, 6.07) is 0. The summed E-state index contributed by atoms with van der Waals surface area (Å²) in [7, 11) is 0. The lowest BCUT2D eigenvalue weighted by Gasteiger charge is -2.61. The highest BCUT2D eigenvalue weighted by Crippen LogP contribution is 2.67. The van der Waals surface area contributed by atoms with Gasteiger partial charge < -0.3 is 10.2 Å². The van der Waals surface area contributed by atoms with E-state index >= 15 is 0 Å². The lowest BCUT2D eigenvalue weighted by atomic mass is 9.46. The van der Waals surface area contributed by atoms with Crippen LogP contribution in [-0.4, -0.2) is 22.2 Å². The largest absolute Gasteiger partial charge is 0.365 e. The molecule has 124 valence electrons. The molecule has 4 aliphatic rings. The van der Waals surface area contributed by atoms with Gasteiger partial charge in [0.05, 0.1) is 0 Å². The number of alkyl halides is 1. The van der Waals surface area contributed by atoms with E-state index < -0.39 is 17.4 Å². The molecule has 0 heterocycles. The van der Waals surface area contributed by atoms with Gasteiger partial charge in [0.25, 0.3) is 0 Å². The molecule has 0 bridgehead atoms. The van der Waals surface area contributed by atoms with Gasteiger partial charge in [-0.05, 0) is 55.8 Å². The highest BCUT2D eigenvalue weighted by Gasteiger charge is 2.66. The lowest BCUT2D eigenvalue weighted by Crippen LogP contribution is -2.62. The molecule has 1 unspecified atom stereocenters. The number of rotatable bonds is 0. The smallest absolute Gasteiger partial charge is 0.167 e. The molecule has 22 heavy (non-hydrogen) atoms. The maximum atomic E-state index is 14.5. The third-order valence-corrected chi connectivity index (χ3v) is 7.83. The second-order valence-corrected chi connectivity index (χ2v) is 8.94. The summed E-state index contributed by atoms with van der Waals surface area (Å²) < 4.78 is 14.5. The van der Waals surface area contributed by atoms with Gasteiger partial charge in [-0.25, -0.2) is 4.39 Å². The fourth-order valence-corrected chi connectivity index (χ4v) is 6.91. The Bertz CT molecular complexity index is 514. The lowest BCUT2D eigenvalue weighted by molar-refractivity contribution is -0.293. The number of halogens is 1. The van der Waals surface area contributed by atoms with Crippen molar-refractivity contribution in [1.29, 1.82) is 0 Å². The zero-order valence-corrected chi connectivity index (χ0v) is 13.8. The highest BCUT2D eigenvalue weighted by atomic mass is 19.1. The summed E-state index contributed by atoms with van der Waals surface area (Å²) in [4.78, 5) is 0. The van der Waals surface area contributed by atoms with Gasteiger partial charge in [-0.15, -0.1) is 0 Å². The average molecular weight is 308 g/mol. The molecule has 2 N–H and O–H groups in total. The van der Waals surface area contributed by atoms with Gasteiger partial charge in [-0.3, -0.25) is 0 Å². The van der Waals surface area contributed by atoms with E-state index in [1.54, 1.807) is 0 Å². The fourth-order valence-electron chi connectivity index (χ4n) is 6.91. The Hall–Kier alpha value is -0.410. The minimum atomic E-state index is -1.73. The molecule has 0 aromatic carbocycles. The molecule has 3 heteroatoms. The minimum Gasteiger partial charge on any atom is -0.365 e. The monoisotopic (exact) mass is 308 g/mol. The zero-order valence-electron chi connectivity index (χ0n) is 13.8. The van der Waals surface area contributed by atoms with Gasteiger partial charge in [-0.1, -0.05) is 31.9 Å². The normalized spacial score (nSPS) is 53.2. The molecule has 4 rings (SSSR count). The van der Waals surface area contributed by atoms with Crippen molar-refractivity contribution in [3.05, 3.63) is 11.6 Å². The molecule has 0 radical (unpaired) electrons. The molecule has 3 fully saturated rings. The van der Waals surface area contributed by atoms with Crippen LogP contribution < -0.4 is 0 Å². The molecule has 6 atom stereocenters. The minimum absolute atomic E-state index is 0.0968. The Balaban J connectivity index is 1.80. The van der Waals surface area contributed by atoms with E-state index in [1.165, 1.54) is 18.4 Å². The molecule has 3 saturated carbocycles. The van der Waals surface area contributed by atoms with Gasteiger partial charge in [0, 0.05) is 17.8 Å². The van der Waals surface area contributed by atoms with Crippen LogP contribution in [0.2, 0.25) is 0 Å². The van der Waals surface area contributed by atoms with E-state index in [0.717, 1.165) is 25.7 Å². The molecule has 0 saturated heterocycles. The Kier molecular flexibility index (Phi) is 3.14. The van der Waals surface area contributed by atoms with Crippen LogP contribution in [0, 0.1) is 28.6 Å². The van der Waals surface area contributed by atoms with Crippen LogP contribution in [0.5, 0.6) is 0 Å². The van der Waals surface area contributed by atoms with Crippen LogP contribution in [0.4, 0.5) is 4.39 Å². The van der Waals surface area contributed by atoms with Gasteiger partial charge in [-0.2, -0.15) is 0 Å². The molecule has 0 aromatic heterocycles. The molecule has 2 nitrogen and oxygen atoms in total. The number of hydrogen-bond acceptors (Lipinski definition) is 2. The Morgan fingerprint density at radius 1 is 1.18 bits per heavy atom. The first-order chi connectivity index (χ1) is 10.3. The predicted molar refractivity (Wildman–Crippen MR) is 83.8 cm³/mol. The standard InChI is InChI=1S/C19H29FO2/c1-17-10-4-3-5-12(17)6-7-13-14-8-9-15(20)18(14,2)11-19(21,22)16(13)17/h6,13-16,21-22H,3-5,7-11H2,1-2H3/t13-,14-,15?,16+,17-,18-/m0/s1. The number of hydrogen-bond donors (Lipinski definition) is 2. The van der Waals surface area contributed by atoms with Crippen LogP contribution in [0.3, 0.4) is 0 Å². The summed E-state index contributed by atoms with van der Waals surface area (Å²) in [6.07, 6.45) is 8.63. The van der Waals surface area contributed by atoms with Crippen LogP contribution in [-0.2, 0) is 0 Å². The Morgan fingerprint density at radius 3 is 2.73 bits per heavy atom. The molecule has 0 aromatic rings. The molecule has 4 aliphatic carbocycles. The first-order valence-corrected chi connectivity index (χ1v) is 9.07. The van der Waals surface area contributed by atoms with Crippen molar-refractivity contribution in [2.24, 2.45) is 28.6 Å². The molecular formula is C19H29FO2. The topological polar surface area (TPSA) is 40.5 Å².